The molecule has 5 rings (SSSR count). The number of non-ortho nitro benzene ring substituents is 1. The SMILES string of the molecule is C=CCOC12Oc3ccc(OC(=O)NCCCCCCCCCCCC)cc3C3C(CCCCO)C(CCCCO)C=C(C(=NOC(C)(C)C)CC1N(CCC)C(=O)C=Cc1ccc([N+](=O)[O-])cc1)C32. The van der Waals surface area contributed by atoms with Crippen molar-refractivity contribution >= 4 is 29.5 Å². The van der Waals surface area contributed by atoms with Crippen LogP contribution in [0.25, 0.3) is 6.08 Å². The first-order valence-corrected chi connectivity index (χ1v) is 26.3. The van der Waals surface area contributed by atoms with E-state index in [2.05, 4.69) is 24.9 Å². The molecule has 6 unspecified atom stereocenters. The van der Waals surface area contributed by atoms with Crippen LogP contribution < -0.4 is 14.8 Å². The summed E-state index contributed by atoms with van der Waals surface area (Å²) in [5.41, 5.74) is 2.36. The molecule has 14 heteroatoms. The molecule has 2 aromatic rings. The van der Waals surface area contributed by atoms with E-state index in [0.29, 0.717) is 55.1 Å². The highest BCUT2D eigenvalue weighted by molar-refractivity contribution is 6.03. The Balaban J connectivity index is 1.58. The molecule has 70 heavy (non-hydrogen) atoms. The maximum atomic E-state index is 14.8. The van der Waals surface area contributed by atoms with Crippen molar-refractivity contribution < 1.29 is 43.8 Å². The average Bonchev–Trinajstić information content (AvgIpc) is 3.34. The third-order valence-corrected chi connectivity index (χ3v) is 13.7. The Morgan fingerprint density at radius 2 is 1.60 bits per heavy atom. The molecule has 1 saturated carbocycles. The van der Waals surface area contributed by atoms with Crippen LogP contribution in [0.2, 0.25) is 0 Å². The summed E-state index contributed by atoms with van der Waals surface area (Å²) in [5, 5.41) is 39.2. The summed E-state index contributed by atoms with van der Waals surface area (Å²) in [6, 6.07) is 10.8. The molecular formula is C56H82N4O10. The topological polar surface area (TPSA) is 182 Å². The molecule has 14 nitrogen and oxygen atoms in total. The standard InChI is InChI=1S/C56H82N4O10/c1-7-10-11-12-13-14-15-16-17-20-33-57-54(64)68-44-30-31-49-47(39-44)52-45(24-19-22-36-62)42(23-18-21-35-61)38-46-48(58-70-55(4,5)6)40-50(56(69-49,53(46)52)67-37-9-3)59(34-8-2)51(63)32-27-41-25-28-43(29-26-41)60(65)66/h9,25-32,38-39,42,45,50,52-53,61-62H,3,7-8,10-24,33-37,40H2,1-2,4-6H3,(H,57,64). The highest BCUT2D eigenvalue weighted by atomic mass is 16.7. The molecule has 0 radical (unpaired) electrons. The van der Waals surface area contributed by atoms with E-state index in [4.69, 9.17) is 24.2 Å². The zero-order valence-corrected chi connectivity index (χ0v) is 42.7. The first kappa shape index (κ1) is 55.9. The molecule has 3 N–H and O–H groups in total. The molecule has 6 atom stereocenters. The van der Waals surface area contributed by atoms with E-state index in [0.717, 1.165) is 56.1 Å². The maximum absolute atomic E-state index is 14.8. The number of hydrogen-bond donors (Lipinski definition) is 3. The summed E-state index contributed by atoms with van der Waals surface area (Å²) in [6.07, 6.45) is 23.8. The van der Waals surface area contributed by atoms with Gasteiger partial charge in [-0.2, -0.15) is 0 Å². The summed E-state index contributed by atoms with van der Waals surface area (Å²) in [7, 11) is 0. The lowest BCUT2D eigenvalue weighted by Gasteiger charge is -2.60. The van der Waals surface area contributed by atoms with Crippen LogP contribution in [0.3, 0.4) is 0 Å². The van der Waals surface area contributed by atoms with Gasteiger partial charge in [0.05, 0.1) is 23.2 Å². The number of nitrogens with zero attached hydrogens (tertiary/aromatic N) is 3. The second kappa shape index (κ2) is 28.1. The van der Waals surface area contributed by atoms with Crippen molar-refractivity contribution in [3.05, 3.63) is 94.1 Å². The second-order valence-electron chi connectivity index (χ2n) is 20.2. The molecule has 0 bridgehead atoms. The highest BCUT2D eigenvalue weighted by Crippen LogP contribution is 2.62. The molecule has 2 aliphatic carbocycles. The Morgan fingerprint density at radius 1 is 0.929 bits per heavy atom. The molecule has 0 saturated heterocycles. The van der Waals surface area contributed by atoms with Gasteiger partial charge in [-0.05, 0) is 119 Å². The number of carbonyl (C=O) groups is 2. The normalized spacial score (nSPS) is 22.1. The largest absolute Gasteiger partial charge is 0.459 e. The van der Waals surface area contributed by atoms with Crippen LogP contribution in [0.15, 0.2) is 78.0 Å². The number of aliphatic hydroxyl groups is 2. The number of aliphatic hydroxyl groups excluding tert-OH is 2. The van der Waals surface area contributed by atoms with Crippen molar-refractivity contribution in [2.75, 3.05) is 32.9 Å². The molecule has 1 heterocycles. The maximum Gasteiger partial charge on any atom is 0.412 e. The van der Waals surface area contributed by atoms with Crippen molar-refractivity contribution in [1.29, 1.82) is 0 Å². The molecule has 2 aromatic carbocycles. The molecule has 386 valence electrons. The Morgan fingerprint density at radius 3 is 2.23 bits per heavy atom. The van der Waals surface area contributed by atoms with E-state index in [9.17, 15) is 29.9 Å². The van der Waals surface area contributed by atoms with Gasteiger partial charge in [-0.1, -0.05) is 102 Å². The summed E-state index contributed by atoms with van der Waals surface area (Å²) >= 11 is 0. The Labute approximate surface area is 417 Å². The van der Waals surface area contributed by atoms with Gasteiger partial charge in [-0.3, -0.25) is 14.9 Å². The molecule has 0 aromatic heterocycles. The first-order chi connectivity index (χ1) is 33.8. The van der Waals surface area contributed by atoms with Gasteiger partial charge >= 0.3 is 6.09 Å². The van der Waals surface area contributed by atoms with Gasteiger partial charge in [-0.25, -0.2) is 4.79 Å². The van der Waals surface area contributed by atoms with Gasteiger partial charge in [0.25, 0.3) is 5.69 Å². The number of benzene rings is 2. The van der Waals surface area contributed by atoms with Gasteiger partial charge in [0.15, 0.2) is 0 Å². The lowest BCUT2D eigenvalue weighted by molar-refractivity contribution is -0.384. The molecule has 1 fully saturated rings. The van der Waals surface area contributed by atoms with Gasteiger partial charge in [-0.15, -0.1) is 6.58 Å². The average molecular weight is 971 g/mol. The number of carbonyl (C=O) groups excluding carboxylic acids is 2. The Kier molecular flexibility index (Phi) is 22.4. The number of nitrogens with one attached hydrogen (secondary N) is 1. The molecule has 1 aliphatic heterocycles. The van der Waals surface area contributed by atoms with Crippen molar-refractivity contribution in [2.45, 2.75) is 174 Å². The van der Waals surface area contributed by atoms with Crippen LogP contribution in [-0.2, 0) is 14.4 Å². The predicted molar refractivity (Wildman–Crippen MR) is 276 cm³/mol. The number of hydrogen-bond acceptors (Lipinski definition) is 11. The number of ether oxygens (including phenoxy) is 3. The van der Waals surface area contributed by atoms with Gasteiger partial charge in [0.2, 0.25) is 11.7 Å². The second-order valence-corrected chi connectivity index (χ2v) is 20.2. The van der Waals surface area contributed by atoms with Crippen molar-refractivity contribution in [3.8, 4) is 11.5 Å². The number of allylic oxidation sites excluding steroid dienone is 1. The van der Waals surface area contributed by atoms with Gasteiger partial charge < -0.3 is 39.5 Å². The summed E-state index contributed by atoms with van der Waals surface area (Å²) in [6.45, 7) is 15.2. The number of unbranched alkanes of at least 4 members (excludes halogenated alkanes) is 11. The third-order valence-electron chi connectivity index (χ3n) is 13.7. The minimum absolute atomic E-state index is 0.0188. The highest BCUT2D eigenvalue weighted by Gasteiger charge is 2.65. The quantitative estimate of drug-likeness (QED) is 0.0224. The number of nitro groups is 1. The number of fused-ring (bicyclic) bond motifs is 2. The molecule has 3 aliphatic rings. The number of rotatable bonds is 30. The summed E-state index contributed by atoms with van der Waals surface area (Å²) in [5.74, 6) is -1.69. The van der Waals surface area contributed by atoms with Crippen LogP contribution in [-0.4, -0.2) is 88.1 Å². The minimum Gasteiger partial charge on any atom is -0.459 e. The lowest BCUT2D eigenvalue weighted by atomic mass is 9.55. The van der Waals surface area contributed by atoms with E-state index in [1.165, 1.54) is 63.2 Å². The van der Waals surface area contributed by atoms with E-state index in [1.54, 1.807) is 35.3 Å². The van der Waals surface area contributed by atoms with E-state index >= 15 is 0 Å². The van der Waals surface area contributed by atoms with Crippen LogP contribution in [0.4, 0.5) is 10.5 Å². The number of amides is 2. The van der Waals surface area contributed by atoms with Crippen molar-refractivity contribution in [1.82, 2.24) is 10.2 Å². The monoisotopic (exact) mass is 971 g/mol. The van der Waals surface area contributed by atoms with Crippen molar-refractivity contribution in [3.63, 3.8) is 0 Å². The number of nitro benzene ring substituents is 1. The van der Waals surface area contributed by atoms with Crippen molar-refractivity contribution in [2.24, 2.45) is 22.9 Å². The third kappa shape index (κ3) is 15.5. The molecule has 0 spiro atoms. The first-order valence-electron chi connectivity index (χ1n) is 26.3. The lowest BCUT2D eigenvalue weighted by Crippen LogP contribution is -2.70. The van der Waals surface area contributed by atoms with Crippen LogP contribution in [0.5, 0.6) is 11.5 Å². The summed E-state index contributed by atoms with van der Waals surface area (Å²) < 4.78 is 20.4. The van der Waals surface area contributed by atoms with E-state index in [-0.39, 0.29) is 55.6 Å². The zero-order valence-electron chi connectivity index (χ0n) is 42.7. The fraction of sp³-hybridized carbons (Fsp3) is 0.625. The van der Waals surface area contributed by atoms with Crippen LogP contribution in [0.1, 0.15) is 167 Å². The Bertz CT molecular complexity index is 2080. The zero-order chi connectivity index (χ0) is 50.5. The van der Waals surface area contributed by atoms with Gasteiger partial charge in [0, 0.05) is 62.4 Å². The van der Waals surface area contributed by atoms with Gasteiger partial charge in [0.1, 0.15) is 23.1 Å². The predicted octanol–water partition coefficient (Wildman–Crippen LogP) is 12.0. The Hall–Kier alpha value is -5.05. The summed E-state index contributed by atoms with van der Waals surface area (Å²) in [4.78, 5) is 47.1. The minimum atomic E-state index is -1.47. The van der Waals surface area contributed by atoms with Crippen LogP contribution >= 0.6 is 0 Å². The van der Waals surface area contributed by atoms with E-state index in [1.807, 2.05) is 39.8 Å². The van der Waals surface area contributed by atoms with Crippen LogP contribution in [0, 0.1) is 27.9 Å². The van der Waals surface area contributed by atoms with E-state index < -0.39 is 34.4 Å². The molecular weight excluding hydrogens is 889 g/mol. The fourth-order valence-electron chi connectivity index (χ4n) is 10.5. The number of oxime groups is 1. The smallest absolute Gasteiger partial charge is 0.412 e. The fourth-order valence-corrected chi connectivity index (χ4v) is 10.5. The molecule has 2 amide bonds.